The quantitative estimate of drug-likeness (QED) is 0.753. The Kier molecular flexibility index (Phi) is 4.39. The number of hydrogen-bond acceptors (Lipinski definition) is 6. The molecule has 0 aliphatic carbocycles. The van der Waals surface area contributed by atoms with Gasteiger partial charge in [-0.2, -0.15) is 0 Å². The summed E-state index contributed by atoms with van der Waals surface area (Å²) in [5, 5.41) is 3.87. The number of carbonyl (C=O) groups is 2. The van der Waals surface area contributed by atoms with Gasteiger partial charge in [-0.1, -0.05) is 12.1 Å². The highest BCUT2D eigenvalue weighted by atomic mass is 16.5. The number of methoxy groups -OCH3 is 1. The summed E-state index contributed by atoms with van der Waals surface area (Å²) in [7, 11) is 1.29. The Balaban J connectivity index is 2.30. The normalized spacial score (nSPS) is 18.9. The van der Waals surface area contributed by atoms with E-state index in [-0.39, 0.29) is 12.5 Å². The number of carbonyl (C=O) groups excluding carboxylic acids is 2. The van der Waals surface area contributed by atoms with E-state index in [2.05, 4.69) is 5.16 Å². The molecule has 2 rings (SSSR count). The van der Waals surface area contributed by atoms with Gasteiger partial charge in [0.1, 0.15) is 11.3 Å². The van der Waals surface area contributed by atoms with E-state index in [1.54, 1.807) is 6.92 Å². The molecule has 20 heavy (non-hydrogen) atoms. The van der Waals surface area contributed by atoms with Crippen LogP contribution in [0.5, 0.6) is 0 Å². The largest absolute Gasteiger partial charge is 0.467 e. The van der Waals surface area contributed by atoms with Crippen LogP contribution in [-0.4, -0.2) is 54.8 Å². The molecule has 0 bridgehead atoms. The lowest BCUT2D eigenvalue weighted by atomic mass is 10.1. The fourth-order valence-electron chi connectivity index (χ4n) is 2.26. The first kappa shape index (κ1) is 14.5. The van der Waals surface area contributed by atoms with Crippen LogP contribution in [0.1, 0.15) is 28.7 Å². The summed E-state index contributed by atoms with van der Waals surface area (Å²) in [4.78, 5) is 25.9. The second kappa shape index (κ2) is 6.04. The highest BCUT2D eigenvalue weighted by Gasteiger charge is 2.36. The lowest BCUT2D eigenvalue weighted by Crippen LogP contribution is -2.53. The minimum absolute atomic E-state index is 0.143. The zero-order valence-corrected chi connectivity index (χ0v) is 11.8. The number of amides is 1. The lowest BCUT2D eigenvalue weighted by molar-refractivity contribution is -0.151. The van der Waals surface area contributed by atoms with Gasteiger partial charge in [0.2, 0.25) is 0 Å². The van der Waals surface area contributed by atoms with Crippen LogP contribution in [0.25, 0.3) is 0 Å². The van der Waals surface area contributed by atoms with Crippen molar-refractivity contribution in [1.82, 2.24) is 10.1 Å². The average Bonchev–Trinajstić information content (AvgIpc) is 2.86. The molecule has 0 spiro atoms. The fraction of sp³-hybridized carbons (Fsp3) is 0.615. The Hall–Kier alpha value is -1.89. The monoisotopic (exact) mass is 282 g/mol. The molecule has 1 aromatic heterocycles. The van der Waals surface area contributed by atoms with Crippen LogP contribution in [0.3, 0.4) is 0 Å². The van der Waals surface area contributed by atoms with Crippen LogP contribution < -0.4 is 0 Å². The molecular formula is C13H18N2O5. The van der Waals surface area contributed by atoms with Crippen molar-refractivity contribution >= 4 is 11.9 Å². The predicted molar refractivity (Wildman–Crippen MR) is 68.3 cm³/mol. The number of esters is 1. The minimum atomic E-state index is -0.722. The van der Waals surface area contributed by atoms with Gasteiger partial charge in [-0.25, -0.2) is 4.79 Å². The molecule has 1 unspecified atom stereocenters. The minimum Gasteiger partial charge on any atom is -0.467 e. The number of morpholine rings is 1. The lowest BCUT2D eigenvalue weighted by Gasteiger charge is -2.33. The average molecular weight is 282 g/mol. The standard InChI is InChI=1S/C13H18N2O5/c1-4-9-11(8(2)20-14-9)12(16)15-5-6-19-7-10(15)13(17)18-3/h10H,4-7H2,1-3H3. The molecule has 7 heteroatoms. The maximum atomic E-state index is 12.7. The molecule has 0 aromatic carbocycles. The summed E-state index contributed by atoms with van der Waals surface area (Å²) in [5.74, 6) is -0.286. The summed E-state index contributed by atoms with van der Waals surface area (Å²) in [6.07, 6.45) is 0.589. The molecule has 1 fully saturated rings. The first-order valence-electron chi connectivity index (χ1n) is 6.51. The van der Waals surface area contributed by atoms with Gasteiger partial charge in [0.05, 0.1) is 26.0 Å². The molecule has 0 radical (unpaired) electrons. The molecule has 0 N–H and O–H groups in total. The molecule has 1 saturated heterocycles. The molecule has 110 valence electrons. The van der Waals surface area contributed by atoms with Crippen LogP contribution in [0.2, 0.25) is 0 Å². The first-order valence-corrected chi connectivity index (χ1v) is 6.51. The summed E-state index contributed by atoms with van der Waals surface area (Å²) >= 11 is 0. The van der Waals surface area contributed by atoms with Crippen LogP contribution in [0.15, 0.2) is 4.52 Å². The van der Waals surface area contributed by atoms with E-state index in [1.807, 2.05) is 6.92 Å². The number of aromatic nitrogens is 1. The van der Waals surface area contributed by atoms with Crippen LogP contribution in [0, 0.1) is 6.92 Å². The van der Waals surface area contributed by atoms with Gasteiger partial charge < -0.3 is 18.9 Å². The number of aryl methyl sites for hydroxylation is 2. The molecule has 0 saturated carbocycles. The van der Waals surface area contributed by atoms with E-state index < -0.39 is 12.0 Å². The zero-order valence-electron chi connectivity index (χ0n) is 11.8. The molecule has 7 nitrogen and oxygen atoms in total. The molecular weight excluding hydrogens is 264 g/mol. The van der Waals surface area contributed by atoms with Crippen LogP contribution >= 0.6 is 0 Å². The zero-order chi connectivity index (χ0) is 14.7. The maximum absolute atomic E-state index is 12.7. The van der Waals surface area contributed by atoms with Crippen molar-refractivity contribution < 1.29 is 23.6 Å². The fourth-order valence-corrected chi connectivity index (χ4v) is 2.26. The van der Waals surface area contributed by atoms with E-state index in [1.165, 1.54) is 12.0 Å². The Bertz CT molecular complexity index is 511. The van der Waals surface area contributed by atoms with Gasteiger partial charge in [0, 0.05) is 6.54 Å². The molecule has 1 aliphatic rings. The third-order valence-electron chi connectivity index (χ3n) is 3.34. The predicted octanol–water partition coefficient (Wildman–Crippen LogP) is 0.559. The van der Waals surface area contributed by atoms with E-state index in [9.17, 15) is 9.59 Å². The van der Waals surface area contributed by atoms with Crippen molar-refractivity contribution in [3.8, 4) is 0 Å². The summed E-state index contributed by atoms with van der Waals surface area (Å²) in [5.41, 5.74) is 1.03. The summed E-state index contributed by atoms with van der Waals surface area (Å²) in [6.45, 7) is 4.46. The number of ether oxygens (including phenoxy) is 2. The van der Waals surface area contributed by atoms with E-state index in [0.29, 0.717) is 36.6 Å². The third kappa shape index (κ3) is 2.53. The van der Waals surface area contributed by atoms with Gasteiger partial charge in [-0.05, 0) is 13.3 Å². The first-order chi connectivity index (χ1) is 9.60. The smallest absolute Gasteiger partial charge is 0.331 e. The molecule has 2 heterocycles. The maximum Gasteiger partial charge on any atom is 0.331 e. The number of rotatable bonds is 3. The van der Waals surface area contributed by atoms with Crippen molar-refractivity contribution in [3.05, 3.63) is 17.0 Å². The van der Waals surface area contributed by atoms with Crippen molar-refractivity contribution in [2.24, 2.45) is 0 Å². The second-order valence-corrected chi connectivity index (χ2v) is 4.53. The van der Waals surface area contributed by atoms with Crippen LogP contribution in [-0.2, 0) is 20.7 Å². The van der Waals surface area contributed by atoms with Crippen molar-refractivity contribution in [2.45, 2.75) is 26.3 Å². The molecule has 1 aliphatic heterocycles. The third-order valence-corrected chi connectivity index (χ3v) is 3.34. The van der Waals surface area contributed by atoms with E-state index in [4.69, 9.17) is 14.0 Å². The van der Waals surface area contributed by atoms with Gasteiger partial charge in [-0.3, -0.25) is 4.79 Å². The number of hydrogen-bond donors (Lipinski definition) is 0. The Morgan fingerprint density at radius 1 is 1.50 bits per heavy atom. The van der Waals surface area contributed by atoms with Crippen molar-refractivity contribution in [3.63, 3.8) is 0 Å². The van der Waals surface area contributed by atoms with Gasteiger partial charge in [0.15, 0.2) is 6.04 Å². The Morgan fingerprint density at radius 2 is 2.25 bits per heavy atom. The van der Waals surface area contributed by atoms with Gasteiger partial charge in [-0.15, -0.1) is 0 Å². The van der Waals surface area contributed by atoms with Gasteiger partial charge >= 0.3 is 5.97 Å². The molecule has 1 aromatic rings. The van der Waals surface area contributed by atoms with Gasteiger partial charge in [0.25, 0.3) is 5.91 Å². The summed E-state index contributed by atoms with van der Waals surface area (Å²) < 4.78 is 15.1. The highest BCUT2D eigenvalue weighted by Crippen LogP contribution is 2.20. The van der Waals surface area contributed by atoms with E-state index in [0.717, 1.165) is 0 Å². The summed E-state index contributed by atoms with van der Waals surface area (Å²) in [6, 6.07) is -0.722. The molecule has 1 amide bonds. The second-order valence-electron chi connectivity index (χ2n) is 4.53. The Morgan fingerprint density at radius 3 is 2.90 bits per heavy atom. The van der Waals surface area contributed by atoms with Crippen LogP contribution in [0.4, 0.5) is 0 Å². The number of nitrogens with zero attached hydrogens (tertiary/aromatic N) is 2. The van der Waals surface area contributed by atoms with Crippen molar-refractivity contribution in [1.29, 1.82) is 0 Å². The molecule has 1 atom stereocenters. The van der Waals surface area contributed by atoms with Crippen molar-refractivity contribution in [2.75, 3.05) is 26.9 Å². The van der Waals surface area contributed by atoms with E-state index >= 15 is 0 Å². The SMILES string of the molecule is CCc1noc(C)c1C(=O)N1CCOCC1C(=O)OC. The Labute approximate surface area is 116 Å². The topological polar surface area (TPSA) is 81.9 Å². The highest BCUT2D eigenvalue weighted by molar-refractivity contribution is 5.98.